The molecule has 0 unspecified atom stereocenters. The molecule has 1 aliphatic rings. The summed E-state index contributed by atoms with van der Waals surface area (Å²) < 4.78 is 8.67. The van der Waals surface area contributed by atoms with Crippen molar-refractivity contribution in [2.75, 3.05) is 0 Å². The summed E-state index contributed by atoms with van der Waals surface area (Å²) in [6, 6.07) is 44.9. The summed E-state index contributed by atoms with van der Waals surface area (Å²) in [6.45, 7) is 4.65. The summed E-state index contributed by atoms with van der Waals surface area (Å²) in [7, 11) is 0. The van der Waals surface area contributed by atoms with Gasteiger partial charge in [0.05, 0.1) is 22.2 Å². The molecule has 0 aliphatic heterocycles. The van der Waals surface area contributed by atoms with Gasteiger partial charge in [-0.3, -0.25) is 4.57 Å². The van der Waals surface area contributed by atoms with Gasteiger partial charge in [-0.1, -0.05) is 111 Å². The highest BCUT2D eigenvalue weighted by atomic mass is 16.3. The molecular formula is C41H27N3O. The summed E-state index contributed by atoms with van der Waals surface area (Å²) in [5.41, 5.74) is 11.9. The van der Waals surface area contributed by atoms with Gasteiger partial charge < -0.3 is 4.42 Å². The number of furan rings is 1. The van der Waals surface area contributed by atoms with E-state index in [0.29, 0.717) is 5.95 Å². The molecular weight excluding hydrogens is 550 g/mol. The Morgan fingerprint density at radius 1 is 0.578 bits per heavy atom. The van der Waals surface area contributed by atoms with E-state index in [1.54, 1.807) is 0 Å². The molecule has 212 valence electrons. The molecule has 0 radical (unpaired) electrons. The number of hydrogen-bond acceptors (Lipinski definition) is 3. The van der Waals surface area contributed by atoms with Crippen molar-refractivity contribution in [3.8, 4) is 28.3 Å². The molecule has 0 atom stereocenters. The van der Waals surface area contributed by atoms with E-state index < -0.39 is 0 Å². The number of para-hydroxylation sites is 3. The minimum atomic E-state index is -0.216. The third-order valence-electron chi connectivity index (χ3n) is 9.81. The summed E-state index contributed by atoms with van der Waals surface area (Å²) in [4.78, 5) is 10.6. The molecule has 10 rings (SSSR count). The molecule has 4 heteroatoms. The average Bonchev–Trinajstić information content (AvgIpc) is 3.69. The van der Waals surface area contributed by atoms with Crippen molar-refractivity contribution in [1.82, 2.24) is 14.5 Å². The second-order valence-electron chi connectivity index (χ2n) is 12.6. The monoisotopic (exact) mass is 577 g/mol. The first kappa shape index (κ1) is 24.7. The third kappa shape index (κ3) is 3.26. The first-order valence-corrected chi connectivity index (χ1v) is 15.4. The molecule has 0 saturated carbocycles. The van der Waals surface area contributed by atoms with Crippen molar-refractivity contribution in [3.63, 3.8) is 0 Å². The first-order valence-electron chi connectivity index (χ1n) is 15.4. The molecule has 0 fully saturated rings. The Labute approximate surface area is 259 Å². The molecule has 0 bridgehead atoms. The lowest BCUT2D eigenvalue weighted by molar-refractivity contribution is 0.647. The maximum atomic E-state index is 6.37. The SMILES string of the molecule is CC1(C)c2cc3oc4ccccc4c3cc2-c2c1ccc1c3ccccc3n(-c3nc(-c4ccccc4)c4ccccc4n3)c21. The average molecular weight is 578 g/mol. The van der Waals surface area contributed by atoms with Crippen LogP contribution in [0.15, 0.2) is 132 Å². The minimum Gasteiger partial charge on any atom is -0.456 e. The van der Waals surface area contributed by atoms with E-state index in [-0.39, 0.29) is 5.41 Å². The Morgan fingerprint density at radius 3 is 2.18 bits per heavy atom. The fourth-order valence-electron chi connectivity index (χ4n) is 7.68. The van der Waals surface area contributed by atoms with Crippen LogP contribution in [-0.4, -0.2) is 14.5 Å². The molecule has 3 aromatic heterocycles. The van der Waals surface area contributed by atoms with Crippen molar-refractivity contribution in [2.24, 2.45) is 0 Å². The van der Waals surface area contributed by atoms with Crippen LogP contribution in [0, 0.1) is 0 Å². The van der Waals surface area contributed by atoms with Crippen LogP contribution in [0.5, 0.6) is 0 Å². The van der Waals surface area contributed by atoms with Crippen LogP contribution >= 0.6 is 0 Å². The quantitative estimate of drug-likeness (QED) is 0.205. The van der Waals surface area contributed by atoms with Crippen LogP contribution in [0.4, 0.5) is 0 Å². The van der Waals surface area contributed by atoms with Gasteiger partial charge in [0, 0.05) is 43.5 Å². The van der Waals surface area contributed by atoms with E-state index in [0.717, 1.165) is 55.1 Å². The smallest absolute Gasteiger partial charge is 0.235 e. The van der Waals surface area contributed by atoms with Gasteiger partial charge in [0.2, 0.25) is 5.95 Å². The summed E-state index contributed by atoms with van der Waals surface area (Å²) >= 11 is 0. The van der Waals surface area contributed by atoms with Gasteiger partial charge in [-0.2, -0.15) is 0 Å². The van der Waals surface area contributed by atoms with Crippen LogP contribution in [0.3, 0.4) is 0 Å². The summed E-state index contributed by atoms with van der Waals surface area (Å²) in [6.07, 6.45) is 0. The first-order chi connectivity index (χ1) is 22.1. The van der Waals surface area contributed by atoms with E-state index >= 15 is 0 Å². The van der Waals surface area contributed by atoms with Crippen LogP contribution in [0.1, 0.15) is 25.0 Å². The van der Waals surface area contributed by atoms with Crippen molar-refractivity contribution in [3.05, 3.63) is 139 Å². The van der Waals surface area contributed by atoms with Crippen LogP contribution in [0.25, 0.3) is 83.0 Å². The molecule has 0 spiro atoms. The third-order valence-corrected chi connectivity index (χ3v) is 9.81. The second kappa shape index (κ2) is 8.67. The number of fused-ring (bicyclic) bond motifs is 11. The number of hydrogen-bond donors (Lipinski definition) is 0. The molecule has 0 amide bonds. The van der Waals surface area contributed by atoms with E-state index in [1.807, 2.05) is 12.1 Å². The number of nitrogens with zero attached hydrogens (tertiary/aromatic N) is 3. The molecule has 6 aromatic carbocycles. The molecule has 0 N–H and O–H groups in total. The van der Waals surface area contributed by atoms with Crippen molar-refractivity contribution >= 4 is 54.6 Å². The second-order valence-corrected chi connectivity index (χ2v) is 12.6. The predicted octanol–water partition coefficient (Wildman–Crippen LogP) is 10.6. The molecule has 0 saturated heterocycles. The van der Waals surface area contributed by atoms with Gasteiger partial charge in [-0.25, -0.2) is 9.97 Å². The van der Waals surface area contributed by atoms with Gasteiger partial charge in [-0.05, 0) is 47.0 Å². The fraction of sp³-hybridized carbons (Fsp3) is 0.0732. The Bertz CT molecular complexity index is 2680. The highest BCUT2D eigenvalue weighted by Crippen LogP contribution is 2.54. The zero-order valence-corrected chi connectivity index (χ0v) is 24.9. The largest absolute Gasteiger partial charge is 0.456 e. The Morgan fingerprint density at radius 2 is 1.31 bits per heavy atom. The van der Waals surface area contributed by atoms with E-state index in [4.69, 9.17) is 14.4 Å². The maximum absolute atomic E-state index is 6.37. The standard InChI is InChI=1S/C41H27N3O/c1-41(2)31-21-20-27-25-14-7-10-18-34(25)44(40-42-33-17-9-6-16-28(33)38(43-40)24-12-4-3-5-13-24)39(27)37(31)30-22-29-26-15-8-11-19-35(26)45-36(29)23-32(30)41/h3-23H,1-2H3. The minimum absolute atomic E-state index is 0.216. The maximum Gasteiger partial charge on any atom is 0.235 e. The van der Waals surface area contributed by atoms with E-state index in [2.05, 4.69) is 134 Å². The van der Waals surface area contributed by atoms with Crippen molar-refractivity contribution in [1.29, 1.82) is 0 Å². The van der Waals surface area contributed by atoms with Gasteiger partial charge in [0.15, 0.2) is 0 Å². The molecule has 45 heavy (non-hydrogen) atoms. The zero-order chi connectivity index (χ0) is 29.9. The lowest BCUT2D eigenvalue weighted by atomic mass is 9.82. The van der Waals surface area contributed by atoms with E-state index in [1.165, 1.54) is 33.0 Å². The molecule has 1 aliphatic carbocycles. The van der Waals surface area contributed by atoms with Gasteiger partial charge >= 0.3 is 0 Å². The highest BCUT2D eigenvalue weighted by molar-refractivity contribution is 6.17. The van der Waals surface area contributed by atoms with Crippen molar-refractivity contribution in [2.45, 2.75) is 19.3 Å². The van der Waals surface area contributed by atoms with Crippen LogP contribution in [0.2, 0.25) is 0 Å². The fourth-order valence-corrected chi connectivity index (χ4v) is 7.68. The summed E-state index contributed by atoms with van der Waals surface area (Å²) in [5.74, 6) is 0.674. The Balaban J connectivity index is 1.37. The predicted molar refractivity (Wildman–Crippen MR) is 184 cm³/mol. The Hall–Kier alpha value is -5.74. The number of aromatic nitrogens is 3. The van der Waals surface area contributed by atoms with Crippen molar-refractivity contribution < 1.29 is 4.42 Å². The number of benzene rings is 6. The zero-order valence-electron chi connectivity index (χ0n) is 24.9. The Kier molecular flexibility index (Phi) is 4.76. The summed E-state index contributed by atoms with van der Waals surface area (Å²) in [5, 5.41) is 5.71. The molecule has 4 nitrogen and oxygen atoms in total. The van der Waals surface area contributed by atoms with E-state index in [9.17, 15) is 0 Å². The van der Waals surface area contributed by atoms with Gasteiger partial charge in [0.1, 0.15) is 11.2 Å². The normalized spacial score (nSPS) is 13.7. The lowest BCUT2D eigenvalue weighted by Gasteiger charge is -2.21. The molecule has 3 heterocycles. The van der Waals surface area contributed by atoms with Gasteiger partial charge in [-0.15, -0.1) is 0 Å². The van der Waals surface area contributed by atoms with Crippen LogP contribution < -0.4 is 0 Å². The topological polar surface area (TPSA) is 43.9 Å². The van der Waals surface area contributed by atoms with Gasteiger partial charge in [0.25, 0.3) is 0 Å². The lowest BCUT2D eigenvalue weighted by Crippen LogP contribution is -2.14. The van der Waals surface area contributed by atoms with Crippen LogP contribution in [-0.2, 0) is 5.41 Å². The molecule has 9 aromatic rings. The number of rotatable bonds is 2. The highest BCUT2D eigenvalue weighted by Gasteiger charge is 2.39.